The van der Waals surface area contributed by atoms with Crippen molar-refractivity contribution in [3.63, 3.8) is 0 Å². The topological polar surface area (TPSA) is 95.2 Å². The number of carbonyl (C=O) groups is 1. The summed E-state index contributed by atoms with van der Waals surface area (Å²) in [5, 5.41) is 6.58. The van der Waals surface area contributed by atoms with Crippen LogP contribution in [0, 0.1) is 19.8 Å². The molecule has 7 nitrogen and oxygen atoms in total. The first-order valence-corrected chi connectivity index (χ1v) is 9.05. The Morgan fingerprint density at radius 1 is 1.27 bits per heavy atom. The van der Waals surface area contributed by atoms with Gasteiger partial charge < -0.3 is 4.90 Å². The standard InChI is InChI=1S/C14H24N4O3S/c1-9(2)12(14(19)18-7-5-6-8-18)17-22(20,21)13-10(3)15-16-11(13)4/h9,12,17H,5-8H2,1-4H3,(H,15,16)/t12-/m1/s1. The first-order valence-electron chi connectivity index (χ1n) is 7.56. The van der Waals surface area contributed by atoms with Crippen molar-refractivity contribution in [1.29, 1.82) is 0 Å². The fourth-order valence-corrected chi connectivity index (χ4v) is 4.48. The van der Waals surface area contributed by atoms with E-state index < -0.39 is 16.1 Å². The van der Waals surface area contributed by atoms with Crippen molar-refractivity contribution in [2.45, 2.75) is 51.5 Å². The minimum Gasteiger partial charge on any atom is -0.341 e. The summed E-state index contributed by atoms with van der Waals surface area (Å²) in [7, 11) is -3.79. The first-order chi connectivity index (χ1) is 10.2. The molecule has 1 atom stereocenters. The maximum absolute atomic E-state index is 12.6. The zero-order chi connectivity index (χ0) is 16.5. The molecular formula is C14H24N4O3S. The van der Waals surface area contributed by atoms with Crippen molar-refractivity contribution in [1.82, 2.24) is 19.8 Å². The molecule has 0 saturated carbocycles. The molecule has 2 rings (SSSR count). The Kier molecular flexibility index (Phi) is 4.91. The molecule has 0 bridgehead atoms. The lowest BCUT2D eigenvalue weighted by molar-refractivity contribution is -0.132. The van der Waals surface area contributed by atoms with Gasteiger partial charge in [-0.15, -0.1) is 0 Å². The molecule has 1 aromatic heterocycles. The van der Waals surface area contributed by atoms with E-state index in [9.17, 15) is 13.2 Å². The van der Waals surface area contributed by atoms with E-state index in [2.05, 4.69) is 14.9 Å². The SMILES string of the molecule is Cc1n[nH]c(C)c1S(=O)(=O)N[C@@H](C(=O)N1CCCC1)C(C)C. The van der Waals surface area contributed by atoms with Gasteiger partial charge in [0.1, 0.15) is 10.9 Å². The number of H-pyrrole nitrogens is 1. The normalized spacial score (nSPS) is 17.2. The van der Waals surface area contributed by atoms with E-state index in [1.165, 1.54) is 0 Å². The van der Waals surface area contributed by atoms with Crippen LogP contribution in [-0.2, 0) is 14.8 Å². The van der Waals surface area contributed by atoms with E-state index in [0.717, 1.165) is 12.8 Å². The van der Waals surface area contributed by atoms with Gasteiger partial charge >= 0.3 is 0 Å². The molecule has 124 valence electrons. The summed E-state index contributed by atoms with van der Waals surface area (Å²) < 4.78 is 27.8. The summed E-state index contributed by atoms with van der Waals surface area (Å²) in [6.07, 6.45) is 1.95. The molecule has 1 amide bonds. The molecule has 0 unspecified atom stereocenters. The molecular weight excluding hydrogens is 304 g/mol. The minimum absolute atomic E-state index is 0.129. The highest BCUT2D eigenvalue weighted by atomic mass is 32.2. The monoisotopic (exact) mass is 328 g/mol. The Hall–Kier alpha value is -1.41. The molecule has 0 aliphatic carbocycles. The van der Waals surface area contributed by atoms with Gasteiger partial charge in [-0.25, -0.2) is 8.42 Å². The number of nitrogens with one attached hydrogen (secondary N) is 2. The number of hydrogen-bond donors (Lipinski definition) is 2. The maximum Gasteiger partial charge on any atom is 0.244 e. The number of aromatic amines is 1. The molecule has 8 heteroatoms. The fraction of sp³-hybridized carbons (Fsp3) is 0.714. The number of hydrogen-bond acceptors (Lipinski definition) is 4. The number of sulfonamides is 1. The molecule has 1 fully saturated rings. The molecule has 0 radical (unpaired) electrons. The van der Waals surface area contributed by atoms with Crippen molar-refractivity contribution in [2.24, 2.45) is 5.92 Å². The van der Waals surface area contributed by atoms with Crippen LogP contribution in [0.5, 0.6) is 0 Å². The van der Waals surface area contributed by atoms with E-state index in [0.29, 0.717) is 24.5 Å². The Morgan fingerprint density at radius 2 is 1.86 bits per heavy atom. The van der Waals surface area contributed by atoms with E-state index in [4.69, 9.17) is 0 Å². The van der Waals surface area contributed by atoms with Gasteiger partial charge in [-0.1, -0.05) is 13.8 Å². The van der Waals surface area contributed by atoms with Crippen molar-refractivity contribution < 1.29 is 13.2 Å². The second-order valence-electron chi connectivity index (χ2n) is 6.14. The van der Waals surface area contributed by atoms with Crippen molar-refractivity contribution in [3.05, 3.63) is 11.4 Å². The van der Waals surface area contributed by atoms with E-state index in [1.807, 2.05) is 13.8 Å². The van der Waals surface area contributed by atoms with Gasteiger partial charge in [-0.3, -0.25) is 9.89 Å². The van der Waals surface area contributed by atoms with Crippen molar-refractivity contribution in [2.75, 3.05) is 13.1 Å². The first kappa shape index (κ1) is 17.0. The zero-order valence-electron chi connectivity index (χ0n) is 13.5. The number of aryl methyl sites for hydroxylation is 2. The van der Waals surface area contributed by atoms with Crippen LogP contribution in [0.15, 0.2) is 4.90 Å². The van der Waals surface area contributed by atoms with E-state index in [-0.39, 0.29) is 16.7 Å². The van der Waals surface area contributed by atoms with Crippen LogP contribution in [0.4, 0.5) is 0 Å². The zero-order valence-corrected chi connectivity index (χ0v) is 14.3. The molecule has 2 heterocycles. The van der Waals surface area contributed by atoms with E-state index >= 15 is 0 Å². The van der Waals surface area contributed by atoms with Crippen LogP contribution in [0.25, 0.3) is 0 Å². The van der Waals surface area contributed by atoms with Crippen LogP contribution >= 0.6 is 0 Å². The van der Waals surface area contributed by atoms with Gasteiger partial charge in [-0.05, 0) is 32.6 Å². The lowest BCUT2D eigenvalue weighted by atomic mass is 10.0. The van der Waals surface area contributed by atoms with E-state index in [1.54, 1.807) is 18.7 Å². The largest absolute Gasteiger partial charge is 0.341 e. The van der Waals surface area contributed by atoms with Crippen LogP contribution < -0.4 is 4.72 Å². The predicted molar refractivity (Wildman–Crippen MR) is 82.8 cm³/mol. The van der Waals surface area contributed by atoms with Crippen LogP contribution in [0.2, 0.25) is 0 Å². The Labute approximate surface area is 131 Å². The molecule has 1 aromatic rings. The number of amides is 1. The number of likely N-dealkylation sites (tertiary alicyclic amines) is 1. The lowest BCUT2D eigenvalue weighted by Crippen LogP contribution is -2.50. The Bertz CT molecular complexity index is 626. The number of rotatable bonds is 5. The summed E-state index contributed by atoms with van der Waals surface area (Å²) in [5.74, 6) is -0.273. The van der Waals surface area contributed by atoms with Gasteiger partial charge in [0, 0.05) is 13.1 Å². The molecule has 2 N–H and O–H groups in total. The second kappa shape index (κ2) is 6.37. The molecule has 22 heavy (non-hydrogen) atoms. The fourth-order valence-electron chi connectivity index (χ4n) is 2.77. The Morgan fingerprint density at radius 3 is 2.32 bits per heavy atom. The highest BCUT2D eigenvalue weighted by molar-refractivity contribution is 7.89. The van der Waals surface area contributed by atoms with Crippen molar-refractivity contribution >= 4 is 15.9 Å². The van der Waals surface area contributed by atoms with Crippen LogP contribution in [0.1, 0.15) is 38.1 Å². The van der Waals surface area contributed by atoms with Crippen LogP contribution in [-0.4, -0.2) is 48.6 Å². The maximum atomic E-state index is 12.6. The average Bonchev–Trinajstić information content (AvgIpc) is 3.05. The molecule has 1 aliphatic rings. The molecule has 1 aliphatic heterocycles. The third-order valence-electron chi connectivity index (χ3n) is 3.96. The predicted octanol–water partition coefficient (Wildman–Crippen LogP) is 0.952. The smallest absolute Gasteiger partial charge is 0.244 e. The molecule has 1 saturated heterocycles. The summed E-state index contributed by atoms with van der Waals surface area (Å²) in [6.45, 7) is 8.37. The molecule has 0 spiro atoms. The summed E-state index contributed by atoms with van der Waals surface area (Å²) >= 11 is 0. The Balaban J connectivity index is 2.25. The van der Waals surface area contributed by atoms with Gasteiger partial charge in [0.15, 0.2) is 0 Å². The van der Waals surface area contributed by atoms with Gasteiger partial charge in [0.2, 0.25) is 15.9 Å². The summed E-state index contributed by atoms with van der Waals surface area (Å²) in [5.41, 5.74) is 0.877. The lowest BCUT2D eigenvalue weighted by Gasteiger charge is -2.26. The quantitative estimate of drug-likeness (QED) is 0.841. The number of carbonyl (C=O) groups excluding carboxylic acids is 1. The number of nitrogens with zero attached hydrogens (tertiary/aromatic N) is 2. The summed E-state index contributed by atoms with van der Waals surface area (Å²) in [4.78, 5) is 14.4. The summed E-state index contributed by atoms with van der Waals surface area (Å²) in [6, 6.07) is -0.753. The highest BCUT2D eigenvalue weighted by Gasteiger charge is 2.34. The highest BCUT2D eigenvalue weighted by Crippen LogP contribution is 2.19. The van der Waals surface area contributed by atoms with Gasteiger partial charge in [0.25, 0.3) is 0 Å². The third kappa shape index (κ3) is 3.33. The van der Waals surface area contributed by atoms with Gasteiger partial charge in [-0.2, -0.15) is 9.82 Å². The third-order valence-corrected chi connectivity index (χ3v) is 5.67. The molecule has 0 aromatic carbocycles. The number of aromatic nitrogens is 2. The second-order valence-corrected chi connectivity index (χ2v) is 7.79. The van der Waals surface area contributed by atoms with Crippen LogP contribution in [0.3, 0.4) is 0 Å². The van der Waals surface area contributed by atoms with Gasteiger partial charge in [0.05, 0.1) is 11.4 Å². The minimum atomic E-state index is -3.79. The average molecular weight is 328 g/mol. The van der Waals surface area contributed by atoms with Crippen molar-refractivity contribution in [3.8, 4) is 0 Å².